The molecule has 3 aromatic rings. The van der Waals surface area contributed by atoms with E-state index in [1.54, 1.807) is 24.3 Å². The number of ether oxygens (including phenoxy) is 1. The van der Waals surface area contributed by atoms with Crippen LogP contribution in [0, 0.1) is 6.92 Å². The van der Waals surface area contributed by atoms with Gasteiger partial charge in [0.2, 0.25) is 5.78 Å². The number of furan rings is 1. The van der Waals surface area contributed by atoms with E-state index >= 15 is 0 Å². The summed E-state index contributed by atoms with van der Waals surface area (Å²) in [6, 6.07) is 14.5. The Morgan fingerprint density at radius 1 is 1.19 bits per heavy atom. The normalized spacial score (nSPS) is 10.8. The van der Waals surface area contributed by atoms with E-state index in [0.29, 0.717) is 22.1 Å². The average molecular weight is 301 g/mol. The van der Waals surface area contributed by atoms with E-state index < -0.39 is 0 Å². The third-order valence-corrected chi connectivity index (χ3v) is 3.62. The number of para-hydroxylation sites is 1. The molecule has 0 atom stereocenters. The predicted molar refractivity (Wildman–Crippen MR) is 82.2 cm³/mol. The summed E-state index contributed by atoms with van der Waals surface area (Å²) < 4.78 is 11.0. The number of benzene rings is 2. The van der Waals surface area contributed by atoms with Crippen LogP contribution in [0.1, 0.15) is 16.1 Å². The molecule has 0 bridgehead atoms. The third kappa shape index (κ3) is 2.93. The van der Waals surface area contributed by atoms with Crippen LogP contribution >= 0.6 is 11.6 Å². The van der Waals surface area contributed by atoms with E-state index in [1.165, 1.54) is 0 Å². The second-order valence-corrected chi connectivity index (χ2v) is 5.18. The summed E-state index contributed by atoms with van der Waals surface area (Å²) in [5.41, 5.74) is 1.61. The van der Waals surface area contributed by atoms with E-state index in [1.807, 2.05) is 31.2 Å². The van der Waals surface area contributed by atoms with E-state index in [4.69, 9.17) is 20.8 Å². The number of carbonyl (C=O) groups excluding carboxylic acids is 1. The van der Waals surface area contributed by atoms with Crippen molar-refractivity contribution in [2.75, 3.05) is 6.61 Å². The Labute approximate surface area is 127 Å². The Morgan fingerprint density at radius 3 is 2.76 bits per heavy atom. The summed E-state index contributed by atoms with van der Waals surface area (Å²) in [5.74, 6) is 0.724. The van der Waals surface area contributed by atoms with Gasteiger partial charge in [0, 0.05) is 10.4 Å². The molecule has 0 saturated heterocycles. The molecule has 1 heterocycles. The van der Waals surface area contributed by atoms with Crippen LogP contribution in [-0.2, 0) is 0 Å². The monoisotopic (exact) mass is 300 g/mol. The van der Waals surface area contributed by atoms with Gasteiger partial charge in [-0.25, -0.2) is 0 Å². The van der Waals surface area contributed by atoms with Crippen LogP contribution in [0.5, 0.6) is 5.75 Å². The lowest BCUT2D eigenvalue weighted by Crippen LogP contribution is -2.10. The van der Waals surface area contributed by atoms with Gasteiger partial charge in [0.1, 0.15) is 11.3 Å². The van der Waals surface area contributed by atoms with Crippen molar-refractivity contribution < 1.29 is 13.9 Å². The van der Waals surface area contributed by atoms with Gasteiger partial charge in [-0.1, -0.05) is 29.8 Å². The fourth-order valence-corrected chi connectivity index (χ4v) is 2.16. The Bertz CT molecular complexity index is 772. The number of halogens is 1. The highest BCUT2D eigenvalue weighted by atomic mass is 35.5. The van der Waals surface area contributed by atoms with E-state index in [9.17, 15) is 4.79 Å². The summed E-state index contributed by atoms with van der Waals surface area (Å²) in [4.78, 5) is 12.1. The standard InChI is InChI=1S/C17H13ClO3/c1-11-8-13(6-7-14(11)18)20-10-15(19)17-9-12-4-2-3-5-16(12)21-17/h2-9H,10H2,1H3. The molecule has 3 rings (SSSR count). The highest BCUT2D eigenvalue weighted by Crippen LogP contribution is 2.22. The minimum atomic E-state index is -0.196. The molecule has 4 heteroatoms. The molecule has 0 fully saturated rings. The number of Topliss-reactive ketones (excluding diaryl/α,β-unsaturated/α-hetero) is 1. The number of fused-ring (bicyclic) bond motifs is 1. The molecular weight excluding hydrogens is 288 g/mol. The van der Waals surface area contributed by atoms with Gasteiger partial charge in [-0.15, -0.1) is 0 Å². The first-order valence-electron chi connectivity index (χ1n) is 6.54. The van der Waals surface area contributed by atoms with Gasteiger partial charge in [-0.3, -0.25) is 4.79 Å². The summed E-state index contributed by atoms with van der Waals surface area (Å²) in [7, 11) is 0. The summed E-state index contributed by atoms with van der Waals surface area (Å²) >= 11 is 5.95. The number of ketones is 1. The molecule has 0 saturated carbocycles. The maximum atomic E-state index is 12.1. The zero-order chi connectivity index (χ0) is 14.8. The second-order valence-electron chi connectivity index (χ2n) is 4.77. The molecule has 0 N–H and O–H groups in total. The van der Waals surface area contributed by atoms with Gasteiger partial charge in [-0.05, 0) is 42.8 Å². The average Bonchev–Trinajstić information content (AvgIpc) is 2.92. The van der Waals surface area contributed by atoms with Gasteiger partial charge in [-0.2, -0.15) is 0 Å². The molecule has 0 aliphatic carbocycles. The molecule has 0 unspecified atom stereocenters. The zero-order valence-corrected chi connectivity index (χ0v) is 12.2. The lowest BCUT2D eigenvalue weighted by atomic mass is 10.2. The lowest BCUT2D eigenvalue weighted by molar-refractivity contribution is 0.0896. The van der Waals surface area contributed by atoms with Crippen LogP contribution in [0.25, 0.3) is 11.0 Å². The molecule has 0 radical (unpaired) electrons. The molecule has 2 aromatic carbocycles. The van der Waals surface area contributed by atoms with Crippen molar-refractivity contribution in [2.45, 2.75) is 6.92 Å². The van der Waals surface area contributed by atoms with Crippen LogP contribution in [0.2, 0.25) is 5.02 Å². The smallest absolute Gasteiger partial charge is 0.235 e. The molecule has 106 valence electrons. The number of carbonyl (C=O) groups is 1. The van der Waals surface area contributed by atoms with Crippen LogP contribution in [0.4, 0.5) is 0 Å². The van der Waals surface area contributed by atoms with Crippen LogP contribution in [0.3, 0.4) is 0 Å². The SMILES string of the molecule is Cc1cc(OCC(=O)c2cc3ccccc3o2)ccc1Cl. The Morgan fingerprint density at radius 2 is 2.00 bits per heavy atom. The number of hydrogen-bond donors (Lipinski definition) is 0. The lowest BCUT2D eigenvalue weighted by Gasteiger charge is -2.06. The van der Waals surface area contributed by atoms with Crippen molar-refractivity contribution in [2.24, 2.45) is 0 Å². The first-order chi connectivity index (χ1) is 10.1. The van der Waals surface area contributed by atoms with Crippen molar-refractivity contribution in [3.63, 3.8) is 0 Å². The van der Waals surface area contributed by atoms with Gasteiger partial charge < -0.3 is 9.15 Å². The van der Waals surface area contributed by atoms with Crippen molar-refractivity contribution in [3.8, 4) is 5.75 Å². The van der Waals surface area contributed by atoms with Gasteiger partial charge >= 0.3 is 0 Å². The molecule has 0 aliphatic heterocycles. The highest BCUT2D eigenvalue weighted by molar-refractivity contribution is 6.31. The maximum absolute atomic E-state index is 12.1. The van der Waals surface area contributed by atoms with E-state index in [-0.39, 0.29) is 12.4 Å². The van der Waals surface area contributed by atoms with Gasteiger partial charge in [0.15, 0.2) is 12.4 Å². The van der Waals surface area contributed by atoms with Crippen molar-refractivity contribution in [1.82, 2.24) is 0 Å². The zero-order valence-electron chi connectivity index (χ0n) is 11.4. The fourth-order valence-electron chi connectivity index (χ4n) is 2.05. The van der Waals surface area contributed by atoms with E-state index in [2.05, 4.69) is 0 Å². The van der Waals surface area contributed by atoms with Gasteiger partial charge in [0.05, 0.1) is 0 Å². The van der Waals surface area contributed by atoms with Gasteiger partial charge in [0.25, 0.3) is 0 Å². The quantitative estimate of drug-likeness (QED) is 0.658. The van der Waals surface area contributed by atoms with Crippen LogP contribution < -0.4 is 4.74 Å². The first kappa shape index (κ1) is 13.7. The molecule has 1 aromatic heterocycles. The van der Waals surface area contributed by atoms with E-state index in [0.717, 1.165) is 10.9 Å². The first-order valence-corrected chi connectivity index (χ1v) is 6.92. The number of aryl methyl sites for hydroxylation is 1. The Kier molecular flexibility index (Phi) is 3.67. The predicted octanol–water partition coefficient (Wildman–Crippen LogP) is 4.66. The second kappa shape index (κ2) is 5.62. The largest absolute Gasteiger partial charge is 0.485 e. The minimum absolute atomic E-state index is 0.0686. The number of hydrogen-bond acceptors (Lipinski definition) is 3. The van der Waals surface area contributed by atoms with Crippen molar-refractivity contribution in [1.29, 1.82) is 0 Å². The summed E-state index contributed by atoms with van der Waals surface area (Å²) in [6.45, 7) is 1.82. The Hall–Kier alpha value is -2.26. The Balaban J connectivity index is 1.72. The summed E-state index contributed by atoms with van der Waals surface area (Å²) in [5, 5.41) is 1.58. The molecule has 0 aliphatic rings. The van der Waals surface area contributed by atoms with Crippen LogP contribution in [-0.4, -0.2) is 12.4 Å². The maximum Gasteiger partial charge on any atom is 0.235 e. The van der Waals surface area contributed by atoms with Crippen molar-refractivity contribution >= 4 is 28.4 Å². The molecule has 3 nitrogen and oxygen atoms in total. The highest BCUT2D eigenvalue weighted by Gasteiger charge is 2.13. The molecule has 0 amide bonds. The topological polar surface area (TPSA) is 39.4 Å². The van der Waals surface area contributed by atoms with Crippen molar-refractivity contribution in [3.05, 3.63) is 64.9 Å². The number of rotatable bonds is 4. The molecule has 0 spiro atoms. The molecule has 21 heavy (non-hydrogen) atoms. The van der Waals surface area contributed by atoms with Crippen LogP contribution in [0.15, 0.2) is 52.9 Å². The minimum Gasteiger partial charge on any atom is -0.485 e. The molecular formula is C17H13ClO3. The third-order valence-electron chi connectivity index (χ3n) is 3.20. The fraction of sp³-hybridized carbons (Fsp3) is 0.118. The summed E-state index contributed by atoms with van der Waals surface area (Å²) in [6.07, 6.45) is 0.